The van der Waals surface area contributed by atoms with E-state index in [1.54, 1.807) is 31.1 Å². The van der Waals surface area contributed by atoms with Gasteiger partial charge >= 0.3 is 12.4 Å². The van der Waals surface area contributed by atoms with E-state index in [4.69, 9.17) is 0 Å². The summed E-state index contributed by atoms with van der Waals surface area (Å²) < 4.78 is 81.6. The van der Waals surface area contributed by atoms with E-state index in [1.807, 2.05) is 0 Å². The number of alkyl halides is 6. The van der Waals surface area contributed by atoms with Crippen molar-refractivity contribution < 1.29 is 36.2 Å². The van der Waals surface area contributed by atoms with Crippen molar-refractivity contribution in [2.24, 2.45) is 5.41 Å². The normalized spacial score (nSPS) is 21.1. The number of aromatic nitrogens is 1. The third-order valence-electron chi connectivity index (χ3n) is 6.64. The molecule has 1 fully saturated rings. The second-order valence-corrected chi connectivity index (χ2v) is 9.16. The van der Waals surface area contributed by atoms with E-state index in [9.17, 15) is 36.2 Å². The van der Waals surface area contributed by atoms with Crippen LogP contribution in [-0.2, 0) is 17.4 Å². The number of benzene rings is 1. The number of phenolic OH excluding ortho intramolecular Hbond substituents is 1. The molecule has 0 saturated heterocycles. The molecule has 3 atom stereocenters. The lowest BCUT2D eigenvalue weighted by molar-refractivity contribution is -0.191. The number of rotatable bonds is 9. The van der Waals surface area contributed by atoms with Gasteiger partial charge in [0.25, 0.3) is 0 Å². The minimum Gasteiger partial charge on any atom is -0.508 e. The summed E-state index contributed by atoms with van der Waals surface area (Å²) in [4.78, 5) is 17.9. The second kappa shape index (κ2) is 10.0. The number of carbonyl (C=O) groups excluding carboxylic acids is 1. The van der Waals surface area contributed by atoms with E-state index >= 15 is 0 Å². The van der Waals surface area contributed by atoms with Crippen molar-refractivity contribution in [2.45, 2.75) is 50.0 Å². The summed E-state index contributed by atoms with van der Waals surface area (Å²) in [5, 5.41) is 12.0. The van der Waals surface area contributed by atoms with Crippen LogP contribution in [0.3, 0.4) is 0 Å². The van der Waals surface area contributed by atoms with Gasteiger partial charge in [0.2, 0.25) is 5.91 Å². The fourth-order valence-electron chi connectivity index (χ4n) is 4.41. The van der Waals surface area contributed by atoms with Crippen LogP contribution in [-0.4, -0.2) is 53.8 Å². The number of aromatic hydroxyl groups is 1. The number of hydrogen-bond acceptors (Lipinski definition) is 4. The van der Waals surface area contributed by atoms with Crippen molar-refractivity contribution in [3.8, 4) is 5.75 Å². The van der Waals surface area contributed by atoms with Crippen molar-refractivity contribution in [1.29, 1.82) is 0 Å². The molecule has 0 spiro atoms. The predicted molar refractivity (Wildman–Crippen MR) is 117 cm³/mol. The van der Waals surface area contributed by atoms with Crippen molar-refractivity contribution in [3.05, 3.63) is 59.4 Å². The standard InChI is InChI=1S/C24H27F6N3O2/c1-33(2)17(10-15-5-6-18(34)11-19(15)23(25,26)27)14-32-21(35)7-8-22(24(28,29)30)12-20(22)16-4-3-9-31-13-16/h3-6,9,11,13,17,20,34H,7-8,10,12,14H2,1-2H3,(H,32,35)/t17-,20+,22+/m0/s1. The molecule has 11 heteroatoms. The predicted octanol–water partition coefficient (Wildman–Crippen LogP) is 4.91. The molecule has 1 saturated carbocycles. The second-order valence-electron chi connectivity index (χ2n) is 9.16. The average molecular weight is 503 g/mol. The highest BCUT2D eigenvalue weighted by atomic mass is 19.4. The molecule has 1 amide bonds. The first-order valence-electron chi connectivity index (χ1n) is 11.0. The van der Waals surface area contributed by atoms with Gasteiger partial charge in [-0.25, -0.2) is 0 Å². The van der Waals surface area contributed by atoms with Crippen molar-refractivity contribution in [2.75, 3.05) is 20.6 Å². The number of pyridine rings is 1. The Morgan fingerprint density at radius 1 is 1.23 bits per heavy atom. The highest BCUT2D eigenvalue weighted by molar-refractivity contribution is 5.76. The molecule has 1 heterocycles. The monoisotopic (exact) mass is 503 g/mol. The summed E-state index contributed by atoms with van der Waals surface area (Å²) in [5.74, 6) is -1.87. The summed E-state index contributed by atoms with van der Waals surface area (Å²) in [6.07, 6.45) is -7.21. The van der Waals surface area contributed by atoms with Crippen LogP contribution in [0.1, 0.15) is 41.9 Å². The Morgan fingerprint density at radius 2 is 1.94 bits per heavy atom. The summed E-state index contributed by atoms with van der Waals surface area (Å²) >= 11 is 0. The van der Waals surface area contributed by atoms with Crippen LogP contribution in [0.15, 0.2) is 42.7 Å². The third-order valence-corrected chi connectivity index (χ3v) is 6.64. The number of amides is 1. The minimum atomic E-state index is -4.67. The van der Waals surface area contributed by atoms with E-state index in [1.165, 1.54) is 18.5 Å². The minimum absolute atomic E-state index is 0.0466. The lowest BCUT2D eigenvalue weighted by atomic mass is 9.93. The molecule has 0 radical (unpaired) electrons. The first-order chi connectivity index (χ1) is 16.2. The molecule has 0 aliphatic heterocycles. The molecular formula is C24H27F6N3O2. The summed E-state index contributed by atoms with van der Waals surface area (Å²) in [7, 11) is 3.26. The van der Waals surface area contributed by atoms with Gasteiger partial charge in [-0.3, -0.25) is 9.78 Å². The zero-order chi connectivity index (χ0) is 26.0. The van der Waals surface area contributed by atoms with Gasteiger partial charge in [-0.2, -0.15) is 26.3 Å². The number of nitrogens with zero attached hydrogens (tertiary/aromatic N) is 2. The van der Waals surface area contributed by atoms with Gasteiger partial charge in [-0.05, 0) is 62.7 Å². The summed E-state index contributed by atoms with van der Waals surface area (Å²) in [5.41, 5.74) is -2.54. The van der Waals surface area contributed by atoms with Crippen LogP contribution in [0.5, 0.6) is 5.75 Å². The van der Waals surface area contributed by atoms with E-state index in [2.05, 4.69) is 10.3 Å². The smallest absolute Gasteiger partial charge is 0.416 e. The molecule has 1 aromatic carbocycles. The quantitative estimate of drug-likeness (QED) is 0.478. The maximum absolute atomic E-state index is 13.8. The largest absolute Gasteiger partial charge is 0.508 e. The van der Waals surface area contributed by atoms with Crippen LogP contribution < -0.4 is 5.32 Å². The third kappa shape index (κ3) is 6.25. The molecule has 1 aliphatic carbocycles. The molecule has 0 bridgehead atoms. The topological polar surface area (TPSA) is 65.5 Å². The summed E-state index contributed by atoms with van der Waals surface area (Å²) in [6, 6.07) is 5.58. The molecule has 1 aliphatic rings. The lowest BCUT2D eigenvalue weighted by Crippen LogP contribution is -2.42. The molecule has 2 aromatic rings. The Bertz CT molecular complexity index is 1030. The summed E-state index contributed by atoms with van der Waals surface area (Å²) in [6.45, 7) is -0.0466. The number of nitrogens with one attached hydrogen (secondary N) is 1. The van der Waals surface area contributed by atoms with Crippen LogP contribution >= 0.6 is 0 Å². The van der Waals surface area contributed by atoms with Gasteiger partial charge in [0.15, 0.2) is 0 Å². The SMILES string of the molecule is CN(C)[C@H](CNC(=O)CC[C@@]1(C(F)(F)F)C[C@@H]1c1cccnc1)Cc1ccc(O)cc1C(F)(F)F. The molecule has 192 valence electrons. The molecule has 35 heavy (non-hydrogen) atoms. The molecule has 0 unspecified atom stereocenters. The number of phenols is 1. The zero-order valence-corrected chi connectivity index (χ0v) is 19.2. The van der Waals surface area contributed by atoms with Gasteiger partial charge in [0, 0.05) is 37.3 Å². The van der Waals surface area contributed by atoms with Crippen LogP contribution in [0, 0.1) is 5.41 Å². The Morgan fingerprint density at radius 3 is 2.51 bits per heavy atom. The van der Waals surface area contributed by atoms with Crippen LogP contribution in [0.4, 0.5) is 26.3 Å². The van der Waals surface area contributed by atoms with Gasteiger partial charge in [-0.1, -0.05) is 12.1 Å². The van der Waals surface area contributed by atoms with Gasteiger partial charge < -0.3 is 15.3 Å². The first-order valence-corrected chi connectivity index (χ1v) is 11.0. The van der Waals surface area contributed by atoms with E-state index < -0.39 is 46.9 Å². The molecule has 2 N–H and O–H groups in total. The van der Waals surface area contributed by atoms with Gasteiger partial charge in [0.05, 0.1) is 11.0 Å². The zero-order valence-electron chi connectivity index (χ0n) is 19.2. The number of carbonyl (C=O) groups is 1. The Hall–Kier alpha value is -2.82. The molecule has 1 aromatic heterocycles. The number of likely N-dealkylation sites (N-methyl/N-ethyl adjacent to an activating group) is 1. The lowest BCUT2D eigenvalue weighted by Gasteiger charge is -2.26. The number of hydrogen-bond donors (Lipinski definition) is 2. The van der Waals surface area contributed by atoms with Gasteiger partial charge in [0.1, 0.15) is 5.75 Å². The Balaban J connectivity index is 1.62. The van der Waals surface area contributed by atoms with Crippen molar-refractivity contribution in [1.82, 2.24) is 15.2 Å². The van der Waals surface area contributed by atoms with Crippen LogP contribution in [0.25, 0.3) is 0 Å². The maximum atomic E-state index is 13.8. The number of halogens is 6. The van der Waals surface area contributed by atoms with Crippen molar-refractivity contribution >= 4 is 5.91 Å². The fraction of sp³-hybridized carbons (Fsp3) is 0.500. The molecular weight excluding hydrogens is 476 g/mol. The Kier molecular flexibility index (Phi) is 7.68. The Labute approximate surface area is 199 Å². The first kappa shape index (κ1) is 26.8. The van der Waals surface area contributed by atoms with E-state index in [0.717, 1.165) is 6.07 Å². The molecule has 5 nitrogen and oxygen atoms in total. The van der Waals surface area contributed by atoms with Crippen molar-refractivity contribution in [3.63, 3.8) is 0 Å². The van der Waals surface area contributed by atoms with E-state index in [0.29, 0.717) is 11.6 Å². The highest BCUT2D eigenvalue weighted by Gasteiger charge is 2.70. The highest BCUT2D eigenvalue weighted by Crippen LogP contribution is 2.69. The fourth-order valence-corrected chi connectivity index (χ4v) is 4.41. The van der Waals surface area contributed by atoms with E-state index in [-0.39, 0.29) is 37.8 Å². The van der Waals surface area contributed by atoms with Crippen LogP contribution in [0.2, 0.25) is 0 Å². The maximum Gasteiger partial charge on any atom is 0.416 e. The average Bonchev–Trinajstić information content (AvgIpc) is 3.52. The van der Waals surface area contributed by atoms with Gasteiger partial charge in [-0.15, -0.1) is 0 Å². The molecule has 3 rings (SSSR count).